The predicted octanol–water partition coefficient (Wildman–Crippen LogP) is 3.60. The molecule has 0 aliphatic carbocycles. The van der Waals surface area contributed by atoms with Crippen LogP contribution in [0, 0.1) is 0 Å². The van der Waals surface area contributed by atoms with Gasteiger partial charge in [0.25, 0.3) is 5.91 Å². The van der Waals surface area contributed by atoms with Gasteiger partial charge in [0.1, 0.15) is 5.69 Å². The number of amides is 1. The highest BCUT2D eigenvalue weighted by molar-refractivity contribution is 9.10. The molecule has 0 saturated carbocycles. The van der Waals surface area contributed by atoms with E-state index in [1.165, 1.54) is 0 Å². The molecule has 7 nitrogen and oxygen atoms in total. The second kappa shape index (κ2) is 7.30. The van der Waals surface area contributed by atoms with Crippen molar-refractivity contribution < 1.29 is 18.7 Å². The van der Waals surface area contributed by atoms with Crippen molar-refractivity contribution in [1.82, 2.24) is 15.1 Å². The van der Waals surface area contributed by atoms with Gasteiger partial charge in [0.2, 0.25) is 0 Å². The average Bonchev–Trinajstić information content (AvgIpc) is 3.38. The molecule has 1 aromatic carbocycles. The Morgan fingerprint density at radius 3 is 2.78 bits per heavy atom. The summed E-state index contributed by atoms with van der Waals surface area (Å²) in [7, 11) is 3.10. The summed E-state index contributed by atoms with van der Waals surface area (Å²) in [6.07, 6.45) is 1.06. The third-order valence-electron chi connectivity index (χ3n) is 4.66. The van der Waals surface area contributed by atoms with Crippen LogP contribution in [0.25, 0.3) is 11.5 Å². The topological polar surface area (TPSA) is 80.6 Å². The number of fused-ring (bicyclic) bond motifs is 1. The summed E-state index contributed by atoms with van der Waals surface area (Å²) in [5.41, 5.74) is 2.83. The first kappa shape index (κ1) is 18.0. The van der Waals surface area contributed by atoms with E-state index >= 15 is 0 Å². The minimum absolute atomic E-state index is 0.178. The number of rotatable bonds is 6. The van der Waals surface area contributed by atoms with Crippen LogP contribution in [-0.2, 0) is 9.47 Å². The maximum absolute atomic E-state index is 13.1. The number of hydrogen-bond acceptors (Lipinski definition) is 5. The maximum atomic E-state index is 13.1. The number of nitrogens with zero attached hydrogens (tertiary/aromatic N) is 2. The van der Waals surface area contributed by atoms with E-state index in [0.29, 0.717) is 17.1 Å². The normalized spacial score (nSPS) is 16.4. The quantitative estimate of drug-likeness (QED) is 0.603. The van der Waals surface area contributed by atoms with E-state index in [9.17, 15) is 4.79 Å². The second-order valence-electron chi connectivity index (χ2n) is 6.15. The smallest absolute Gasteiger partial charge is 0.275 e. The number of hydrogen-bond donors (Lipinski definition) is 1. The van der Waals surface area contributed by atoms with Gasteiger partial charge in [-0.1, -0.05) is 28.1 Å². The van der Waals surface area contributed by atoms with Crippen LogP contribution >= 0.6 is 15.9 Å². The molecule has 2 aromatic heterocycles. The van der Waals surface area contributed by atoms with Gasteiger partial charge < -0.3 is 18.8 Å². The molecule has 4 rings (SSSR count). The van der Waals surface area contributed by atoms with Crippen molar-refractivity contribution in [2.24, 2.45) is 0 Å². The molecule has 0 spiro atoms. The fourth-order valence-electron chi connectivity index (χ4n) is 3.42. The van der Waals surface area contributed by atoms with Crippen molar-refractivity contribution in [3.8, 4) is 11.5 Å². The van der Waals surface area contributed by atoms with Crippen molar-refractivity contribution >= 4 is 21.8 Å². The van der Waals surface area contributed by atoms with E-state index in [0.717, 1.165) is 15.6 Å². The van der Waals surface area contributed by atoms with Gasteiger partial charge in [0.15, 0.2) is 17.7 Å². The van der Waals surface area contributed by atoms with E-state index in [-0.39, 0.29) is 18.5 Å². The Kier molecular flexibility index (Phi) is 4.86. The molecule has 1 amide bonds. The Balaban J connectivity index is 1.85. The van der Waals surface area contributed by atoms with Gasteiger partial charge in [-0.15, -0.1) is 0 Å². The largest absolute Gasteiger partial charge is 0.463 e. The van der Waals surface area contributed by atoms with E-state index < -0.39 is 6.29 Å². The van der Waals surface area contributed by atoms with Crippen LogP contribution in [-0.4, -0.2) is 48.1 Å². The van der Waals surface area contributed by atoms with Crippen molar-refractivity contribution in [2.75, 3.05) is 20.8 Å². The van der Waals surface area contributed by atoms with Crippen LogP contribution in [0.2, 0.25) is 0 Å². The number of benzene rings is 1. The lowest BCUT2D eigenvalue weighted by Gasteiger charge is -2.29. The minimum Gasteiger partial charge on any atom is -0.463 e. The maximum Gasteiger partial charge on any atom is 0.275 e. The van der Waals surface area contributed by atoms with E-state index in [1.807, 2.05) is 30.3 Å². The molecular formula is C19H18BrN3O4. The van der Waals surface area contributed by atoms with Gasteiger partial charge in [-0.25, -0.2) is 0 Å². The van der Waals surface area contributed by atoms with Gasteiger partial charge in [0, 0.05) is 24.3 Å². The number of furan rings is 1. The summed E-state index contributed by atoms with van der Waals surface area (Å²) >= 11 is 3.52. The van der Waals surface area contributed by atoms with Gasteiger partial charge >= 0.3 is 0 Å². The highest BCUT2D eigenvalue weighted by atomic mass is 79.9. The van der Waals surface area contributed by atoms with Gasteiger partial charge in [0.05, 0.1) is 18.8 Å². The zero-order chi connectivity index (χ0) is 19.0. The number of carbonyl (C=O) groups is 1. The van der Waals surface area contributed by atoms with Crippen molar-refractivity contribution in [3.63, 3.8) is 0 Å². The molecule has 140 valence electrons. The lowest BCUT2D eigenvalue weighted by molar-refractivity contribution is -0.113. The van der Waals surface area contributed by atoms with Gasteiger partial charge in [-0.05, 0) is 29.8 Å². The molecule has 1 unspecified atom stereocenters. The zero-order valence-electron chi connectivity index (χ0n) is 14.8. The lowest BCUT2D eigenvalue weighted by atomic mass is 9.98. The standard InChI is InChI=1S/C19H18BrN3O4/c1-25-14(26-2)10-23-18(11-5-3-6-12(20)9-11)15-16(13-7-4-8-27-13)21-22-17(15)19(23)24/h3-9,14,18H,10H2,1-2H3,(H,21,22). The molecule has 1 N–H and O–H groups in total. The summed E-state index contributed by atoms with van der Waals surface area (Å²) < 4.78 is 17.1. The van der Waals surface area contributed by atoms with Gasteiger partial charge in [-0.3, -0.25) is 9.89 Å². The summed E-state index contributed by atoms with van der Waals surface area (Å²) in [5, 5.41) is 7.23. The average molecular weight is 432 g/mol. The molecule has 27 heavy (non-hydrogen) atoms. The Hall–Kier alpha value is -2.42. The van der Waals surface area contributed by atoms with E-state index in [2.05, 4.69) is 26.1 Å². The van der Waals surface area contributed by atoms with Crippen LogP contribution in [0.4, 0.5) is 0 Å². The van der Waals surface area contributed by atoms with E-state index in [4.69, 9.17) is 13.9 Å². The molecule has 1 aliphatic heterocycles. The number of H-pyrrole nitrogens is 1. The van der Waals surface area contributed by atoms with Crippen molar-refractivity contribution in [2.45, 2.75) is 12.3 Å². The monoisotopic (exact) mass is 431 g/mol. The third-order valence-corrected chi connectivity index (χ3v) is 5.15. The highest BCUT2D eigenvalue weighted by Gasteiger charge is 2.43. The van der Waals surface area contributed by atoms with Crippen molar-refractivity contribution in [3.05, 3.63) is 64.0 Å². The predicted molar refractivity (Wildman–Crippen MR) is 101 cm³/mol. The van der Waals surface area contributed by atoms with E-state index in [1.54, 1.807) is 31.4 Å². The number of methoxy groups -OCH3 is 2. The SMILES string of the molecule is COC(CN1C(=O)c2n[nH]c(-c3ccco3)c2C1c1cccc(Br)c1)OC. The second-order valence-corrected chi connectivity index (χ2v) is 7.07. The molecule has 3 aromatic rings. The Bertz CT molecular complexity index is 950. The zero-order valence-corrected chi connectivity index (χ0v) is 16.4. The van der Waals surface area contributed by atoms with Crippen LogP contribution < -0.4 is 0 Å². The van der Waals surface area contributed by atoms with Crippen molar-refractivity contribution in [1.29, 1.82) is 0 Å². The van der Waals surface area contributed by atoms with Crippen LogP contribution in [0.5, 0.6) is 0 Å². The van der Waals surface area contributed by atoms with Gasteiger partial charge in [-0.2, -0.15) is 5.10 Å². The first-order valence-corrected chi connectivity index (χ1v) is 9.17. The number of halogens is 1. The first-order valence-electron chi connectivity index (χ1n) is 8.38. The highest BCUT2D eigenvalue weighted by Crippen LogP contribution is 2.43. The Morgan fingerprint density at radius 2 is 2.11 bits per heavy atom. The van der Waals surface area contributed by atoms with Crippen LogP contribution in [0.3, 0.4) is 0 Å². The molecular weight excluding hydrogens is 414 g/mol. The Labute approximate surface area is 164 Å². The number of ether oxygens (including phenoxy) is 2. The number of carbonyl (C=O) groups excluding carboxylic acids is 1. The number of aromatic nitrogens is 2. The summed E-state index contributed by atoms with van der Waals surface area (Å²) in [6, 6.07) is 11.2. The first-order chi connectivity index (χ1) is 13.1. The Morgan fingerprint density at radius 1 is 1.30 bits per heavy atom. The molecule has 3 heterocycles. The minimum atomic E-state index is -0.538. The summed E-state index contributed by atoms with van der Waals surface area (Å²) in [6.45, 7) is 0.275. The molecule has 1 atom stereocenters. The molecule has 0 fully saturated rings. The van der Waals surface area contributed by atoms with Crippen LogP contribution in [0.15, 0.2) is 51.6 Å². The molecule has 0 radical (unpaired) electrons. The fraction of sp³-hybridized carbons (Fsp3) is 0.263. The summed E-state index contributed by atoms with van der Waals surface area (Å²) in [5.74, 6) is 0.455. The number of nitrogens with one attached hydrogen (secondary N) is 1. The lowest BCUT2D eigenvalue weighted by Crippen LogP contribution is -2.38. The molecule has 1 aliphatic rings. The molecule has 8 heteroatoms. The molecule has 0 saturated heterocycles. The number of aromatic amines is 1. The summed E-state index contributed by atoms with van der Waals surface area (Å²) in [4.78, 5) is 14.8. The van der Waals surface area contributed by atoms with Crippen LogP contribution in [0.1, 0.15) is 27.7 Å². The third kappa shape index (κ3) is 3.09. The fourth-order valence-corrected chi connectivity index (χ4v) is 3.83. The molecule has 0 bridgehead atoms.